The highest BCUT2D eigenvalue weighted by molar-refractivity contribution is 5.92. The first-order chi connectivity index (χ1) is 13.9. The van der Waals surface area contributed by atoms with Gasteiger partial charge in [0.1, 0.15) is 17.5 Å². The minimum atomic E-state index is -0.694. The highest BCUT2D eigenvalue weighted by Crippen LogP contribution is 2.48. The molecular formula is C22H21F3N2O2. The number of rotatable bonds is 5. The molecule has 1 saturated carbocycles. The molecule has 0 aliphatic heterocycles. The molecule has 29 heavy (non-hydrogen) atoms. The quantitative estimate of drug-likeness (QED) is 0.598. The van der Waals surface area contributed by atoms with E-state index in [9.17, 15) is 18.0 Å². The Bertz CT molecular complexity index is 1060. The first kappa shape index (κ1) is 19.5. The average Bonchev–Trinajstić information content (AvgIpc) is 3.00. The van der Waals surface area contributed by atoms with Crippen LogP contribution in [0, 0.1) is 23.4 Å². The van der Waals surface area contributed by atoms with Crippen LogP contribution in [0.15, 0.2) is 36.4 Å². The van der Waals surface area contributed by atoms with Crippen LogP contribution in [-0.2, 0) is 4.79 Å². The van der Waals surface area contributed by atoms with Crippen LogP contribution in [0.25, 0.3) is 22.2 Å². The minimum Gasteiger partial charge on any atom is -0.394 e. The number of nitrogens with one attached hydrogen (secondary N) is 2. The van der Waals surface area contributed by atoms with Crippen molar-refractivity contribution >= 4 is 16.8 Å². The van der Waals surface area contributed by atoms with Gasteiger partial charge < -0.3 is 15.4 Å². The van der Waals surface area contributed by atoms with Crippen molar-refractivity contribution in [3.63, 3.8) is 0 Å². The summed E-state index contributed by atoms with van der Waals surface area (Å²) in [4.78, 5) is 15.3. The lowest BCUT2D eigenvalue weighted by atomic mass is 9.69. The number of H-pyrrole nitrogens is 1. The molecule has 0 bridgehead atoms. The van der Waals surface area contributed by atoms with E-state index in [0.29, 0.717) is 29.5 Å². The summed E-state index contributed by atoms with van der Waals surface area (Å²) in [6.07, 6.45) is 1.06. The third-order valence-electron chi connectivity index (χ3n) is 5.58. The van der Waals surface area contributed by atoms with Crippen molar-refractivity contribution in [3.05, 3.63) is 59.4 Å². The summed E-state index contributed by atoms with van der Waals surface area (Å²) in [5.41, 5.74) is 2.21. The molecule has 1 aliphatic rings. The Hall–Kier alpha value is -2.80. The number of halogens is 3. The summed E-state index contributed by atoms with van der Waals surface area (Å²) in [6.45, 7) is 1.57. The zero-order valence-electron chi connectivity index (χ0n) is 15.8. The summed E-state index contributed by atoms with van der Waals surface area (Å²) >= 11 is 0. The van der Waals surface area contributed by atoms with Crippen molar-refractivity contribution in [1.82, 2.24) is 10.3 Å². The van der Waals surface area contributed by atoms with Crippen molar-refractivity contribution in [2.45, 2.75) is 31.7 Å². The predicted octanol–water partition coefficient (Wildman–Crippen LogP) is 4.24. The lowest BCUT2D eigenvalue weighted by molar-refractivity contribution is -0.128. The summed E-state index contributed by atoms with van der Waals surface area (Å²) < 4.78 is 41.6. The molecule has 1 heterocycles. The van der Waals surface area contributed by atoms with E-state index in [0.717, 1.165) is 11.6 Å². The Morgan fingerprint density at radius 1 is 1.17 bits per heavy atom. The second kappa shape index (κ2) is 7.55. The molecule has 7 heteroatoms. The predicted molar refractivity (Wildman–Crippen MR) is 104 cm³/mol. The second-order valence-electron chi connectivity index (χ2n) is 7.69. The molecule has 4 nitrogen and oxygen atoms in total. The monoisotopic (exact) mass is 402 g/mol. The number of carbonyl (C=O) groups is 1. The van der Waals surface area contributed by atoms with Gasteiger partial charge in [0.05, 0.1) is 17.8 Å². The number of hydrogen-bond donors (Lipinski definition) is 3. The maximum absolute atomic E-state index is 14.4. The molecule has 2 aromatic carbocycles. The zero-order valence-corrected chi connectivity index (χ0v) is 15.8. The fourth-order valence-electron chi connectivity index (χ4n) is 3.98. The molecule has 0 saturated heterocycles. The highest BCUT2D eigenvalue weighted by Gasteiger charge is 2.38. The summed E-state index contributed by atoms with van der Waals surface area (Å²) in [6, 6.07) is 7.59. The van der Waals surface area contributed by atoms with Gasteiger partial charge >= 0.3 is 0 Å². The summed E-state index contributed by atoms with van der Waals surface area (Å²) in [7, 11) is 0. The van der Waals surface area contributed by atoms with Crippen LogP contribution >= 0.6 is 0 Å². The normalized spacial score (nSPS) is 19.8. The Morgan fingerprint density at radius 2 is 1.86 bits per heavy atom. The maximum Gasteiger partial charge on any atom is 0.223 e. The van der Waals surface area contributed by atoms with Gasteiger partial charge in [-0.2, -0.15) is 0 Å². The topological polar surface area (TPSA) is 65.1 Å². The van der Waals surface area contributed by atoms with Crippen LogP contribution in [0.1, 0.15) is 31.2 Å². The van der Waals surface area contributed by atoms with Gasteiger partial charge in [0.25, 0.3) is 0 Å². The molecule has 1 fully saturated rings. The van der Waals surface area contributed by atoms with Crippen LogP contribution in [-0.4, -0.2) is 28.6 Å². The Balaban J connectivity index is 1.71. The van der Waals surface area contributed by atoms with Gasteiger partial charge in [-0.1, -0.05) is 0 Å². The molecule has 4 rings (SSSR count). The van der Waals surface area contributed by atoms with Crippen LogP contribution in [0.5, 0.6) is 0 Å². The van der Waals surface area contributed by atoms with Crippen molar-refractivity contribution in [2.24, 2.45) is 5.92 Å². The lowest BCUT2D eigenvalue weighted by Crippen LogP contribution is -2.43. The SMILES string of the molecule is CC(CO)NC(=O)[C@H]1C[C@H](c2c(-c3ccc(F)cc3)[nH]c3c(F)cc(F)cc32)C1. The van der Waals surface area contributed by atoms with Gasteiger partial charge in [-0.15, -0.1) is 0 Å². The van der Waals surface area contributed by atoms with E-state index in [4.69, 9.17) is 5.11 Å². The van der Waals surface area contributed by atoms with Gasteiger partial charge in [0, 0.05) is 23.4 Å². The first-order valence-electron chi connectivity index (χ1n) is 9.55. The van der Waals surface area contributed by atoms with Crippen molar-refractivity contribution in [1.29, 1.82) is 0 Å². The smallest absolute Gasteiger partial charge is 0.223 e. The van der Waals surface area contributed by atoms with E-state index in [1.54, 1.807) is 19.1 Å². The molecule has 3 aromatic rings. The highest BCUT2D eigenvalue weighted by atomic mass is 19.1. The van der Waals surface area contributed by atoms with Crippen molar-refractivity contribution in [2.75, 3.05) is 6.61 Å². The number of hydrogen-bond acceptors (Lipinski definition) is 2. The third-order valence-corrected chi connectivity index (χ3v) is 5.58. The molecular weight excluding hydrogens is 381 g/mol. The first-order valence-corrected chi connectivity index (χ1v) is 9.55. The largest absolute Gasteiger partial charge is 0.394 e. The van der Waals surface area contributed by atoms with E-state index in [2.05, 4.69) is 10.3 Å². The summed E-state index contributed by atoms with van der Waals surface area (Å²) in [5.74, 6) is -2.18. The number of carbonyl (C=O) groups excluding carboxylic acids is 1. The maximum atomic E-state index is 14.4. The minimum absolute atomic E-state index is 0.0646. The standard InChI is InChI=1S/C22H21F3N2O2/c1-11(10-28)26-22(29)14-6-13(7-14)19-17-8-16(24)9-18(25)21(17)27-20(19)12-2-4-15(23)5-3-12/h2-5,8-9,11,13-14,27-28H,6-7,10H2,1H3,(H,26,29)/t11?,13-,14-. The molecule has 152 valence electrons. The number of aliphatic hydroxyl groups is 1. The second-order valence-corrected chi connectivity index (χ2v) is 7.69. The molecule has 1 amide bonds. The zero-order chi connectivity index (χ0) is 20.7. The van der Waals surface area contributed by atoms with Crippen LogP contribution < -0.4 is 5.32 Å². The third kappa shape index (κ3) is 3.62. The van der Waals surface area contributed by atoms with Crippen LogP contribution in [0.4, 0.5) is 13.2 Å². The van der Waals surface area contributed by atoms with Gasteiger partial charge in [-0.25, -0.2) is 13.2 Å². The van der Waals surface area contributed by atoms with Gasteiger partial charge in [-0.3, -0.25) is 4.79 Å². The molecule has 0 radical (unpaired) electrons. The number of benzene rings is 2. The van der Waals surface area contributed by atoms with Gasteiger partial charge in [0.2, 0.25) is 5.91 Å². The fourth-order valence-corrected chi connectivity index (χ4v) is 3.98. The Labute approximate surface area is 165 Å². The van der Waals surface area contributed by atoms with E-state index in [1.165, 1.54) is 18.2 Å². The number of amides is 1. The molecule has 1 aliphatic carbocycles. The number of aromatic nitrogens is 1. The van der Waals surface area contributed by atoms with E-state index in [1.807, 2.05) is 0 Å². The number of aromatic amines is 1. The van der Waals surface area contributed by atoms with E-state index >= 15 is 0 Å². The fraction of sp³-hybridized carbons (Fsp3) is 0.318. The van der Waals surface area contributed by atoms with Gasteiger partial charge in [-0.05, 0) is 67.1 Å². The van der Waals surface area contributed by atoms with E-state index < -0.39 is 11.6 Å². The number of aliphatic hydroxyl groups excluding tert-OH is 1. The van der Waals surface area contributed by atoms with E-state index in [-0.39, 0.29) is 41.7 Å². The molecule has 0 spiro atoms. The molecule has 1 unspecified atom stereocenters. The van der Waals surface area contributed by atoms with Crippen molar-refractivity contribution < 1.29 is 23.1 Å². The molecule has 1 aromatic heterocycles. The van der Waals surface area contributed by atoms with Crippen molar-refractivity contribution in [3.8, 4) is 11.3 Å². The molecule has 1 atom stereocenters. The Kier molecular flexibility index (Phi) is 5.08. The molecule has 3 N–H and O–H groups in total. The van der Waals surface area contributed by atoms with Crippen LogP contribution in [0.2, 0.25) is 0 Å². The van der Waals surface area contributed by atoms with Gasteiger partial charge in [0.15, 0.2) is 0 Å². The number of fused-ring (bicyclic) bond motifs is 1. The summed E-state index contributed by atoms with van der Waals surface area (Å²) in [5, 5.41) is 12.3. The Morgan fingerprint density at radius 3 is 2.52 bits per heavy atom. The van der Waals surface area contributed by atoms with Crippen LogP contribution in [0.3, 0.4) is 0 Å². The lowest BCUT2D eigenvalue weighted by Gasteiger charge is -2.35. The average molecular weight is 402 g/mol.